The highest BCUT2D eigenvalue weighted by atomic mass is 15.3. The van der Waals surface area contributed by atoms with Crippen molar-refractivity contribution >= 4 is 0 Å². The van der Waals surface area contributed by atoms with E-state index in [1.807, 2.05) is 12.3 Å². The summed E-state index contributed by atoms with van der Waals surface area (Å²) in [5, 5.41) is 10.5. The maximum Gasteiger partial charge on any atom is 0.182 e. The third kappa shape index (κ3) is 0.699. The van der Waals surface area contributed by atoms with Gasteiger partial charge in [0.05, 0.1) is 6.07 Å². The van der Waals surface area contributed by atoms with Crippen LogP contribution in [0.1, 0.15) is 0 Å². The molecule has 0 atom stereocenters. The van der Waals surface area contributed by atoms with E-state index >= 15 is 0 Å². The highest BCUT2D eigenvalue weighted by molar-refractivity contribution is 5.14. The van der Waals surface area contributed by atoms with Crippen molar-refractivity contribution in [2.45, 2.75) is 0 Å². The molecule has 0 aromatic carbocycles. The lowest BCUT2D eigenvalue weighted by Gasteiger charge is -1.89. The monoisotopic (exact) mass is 133 g/mol. The van der Waals surface area contributed by atoms with Crippen LogP contribution < -0.4 is 0 Å². The summed E-state index contributed by atoms with van der Waals surface area (Å²) in [5.74, 6) is 0.685. The first-order valence-corrected chi connectivity index (χ1v) is 2.88. The highest BCUT2D eigenvalue weighted by Crippen LogP contribution is 1.96. The van der Waals surface area contributed by atoms with Gasteiger partial charge in [-0.15, -0.1) is 0 Å². The predicted octanol–water partition coefficient (Wildman–Crippen LogP) is 0.396. The van der Waals surface area contributed by atoms with Crippen LogP contribution in [0.2, 0.25) is 0 Å². The van der Waals surface area contributed by atoms with Gasteiger partial charge in [-0.25, -0.2) is 4.68 Å². The summed E-state index contributed by atoms with van der Waals surface area (Å²) in [6.07, 6.45) is 5.15. The Morgan fingerprint density at radius 2 is 2.60 bits per heavy atom. The maximum atomic E-state index is 3.96. The molecule has 0 unspecified atom stereocenters. The Hall–Kier alpha value is -1.58. The minimum absolute atomic E-state index is 0.685. The van der Waals surface area contributed by atoms with Gasteiger partial charge in [0, 0.05) is 18.6 Å². The van der Waals surface area contributed by atoms with Gasteiger partial charge in [-0.1, -0.05) is 0 Å². The van der Waals surface area contributed by atoms with Crippen molar-refractivity contribution in [3.8, 4) is 5.82 Å². The number of hydrogen-bond acceptors (Lipinski definition) is 2. The molecule has 4 nitrogen and oxygen atoms in total. The van der Waals surface area contributed by atoms with Gasteiger partial charge in [0.2, 0.25) is 0 Å². The zero-order valence-electron chi connectivity index (χ0n) is 5.15. The van der Waals surface area contributed by atoms with Crippen LogP contribution in [0, 0.1) is 6.07 Å². The molecule has 0 spiro atoms. The molecule has 2 heterocycles. The van der Waals surface area contributed by atoms with Gasteiger partial charge < -0.3 is 0 Å². The topological polar surface area (TPSA) is 46.5 Å². The lowest BCUT2D eigenvalue weighted by atomic mass is 10.6. The van der Waals surface area contributed by atoms with Crippen LogP contribution in [-0.2, 0) is 0 Å². The zero-order chi connectivity index (χ0) is 6.81. The molecule has 1 radical (unpaired) electrons. The van der Waals surface area contributed by atoms with E-state index in [0.717, 1.165) is 0 Å². The maximum absolute atomic E-state index is 3.96. The van der Waals surface area contributed by atoms with Crippen LogP contribution in [0.4, 0.5) is 0 Å². The number of nitrogens with one attached hydrogen (secondary N) is 1. The van der Waals surface area contributed by atoms with E-state index in [4.69, 9.17) is 0 Å². The van der Waals surface area contributed by atoms with Crippen LogP contribution in [-0.4, -0.2) is 20.0 Å². The quantitative estimate of drug-likeness (QED) is 0.611. The van der Waals surface area contributed by atoms with Crippen molar-refractivity contribution in [3.05, 3.63) is 30.7 Å². The molecule has 0 bridgehead atoms. The first-order chi connectivity index (χ1) is 4.97. The Kier molecular flexibility index (Phi) is 1.04. The summed E-state index contributed by atoms with van der Waals surface area (Å²) in [4.78, 5) is 0. The minimum Gasteiger partial charge on any atom is -0.283 e. The molecule has 2 aromatic rings. The van der Waals surface area contributed by atoms with Crippen LogP contribution in [0.5, 0.6) is 0 Å². The number of rotatable bonds is 1. The molecule has 0 saturated heterocycles. The fourth-order valence-electron chi connectivity index (χ4n) is 0.734. The van der Waals surface area contributed by atoms with E-state index in [0.29, 0.717) is 5.82 Å². The van der Waals surface area contributed by atoms with Gasteiger partial charge in [-0.05, 0) is 6.07 Å². The molecule has 0 aliphatic rings. The van der Waals surface area contributed by atoms with Crippen molar-refractivity contribution in [2.24, 2.45) is 0 Å². The summed E-state index contributed by atoms with van der Waals surface area (Å²) in [5.41, 5.74) is 0. The van der Waals surface area contributed by atoms with E-state index in [1.54, 1.807) is 17.1 Å². The Bertz CT molecular complexity index is 249. The Morgan fingerprint density at radius 3 is 3.20 bits per heavy atom. The van der Waals surface area contributed by atoms with E-state index in [2.05, 4.69) is 21.4 Å². The van der Waals surface area contributed by atoms with Crippen molar-refractivity contribution in [3.63, 3.8) is 0 Å². The molecule has 10 heavy (non-hydrogen) atoms. The molecule has 0 amide bonds. The molecule has 4 heteroatoms. The normalized spacial score (nSPS) is 10.0. The summed E-state index contributed by atoms with van der Waals surface area (Å²) in [6, 6.07) is 4.71. The Labute approximate surface area is 57.5 Å². The third-order valence-corrected chi connectivity index (χ3v) is 1.16. The summed E-state index contributed by atoms with van der Waals surface area (Å²) >= 11 is 0. The van der Waals surface area contributed by atoms with Crippen molar-refractivity contribution in [1.82, 2.24) is 20.0 Å². The fourth-order valence-corrected chi connectivity index (χ4v) is 0.734. The largest absolute Gasteiger partial charge is 0.283 e. The number of hydrogen-bond donors (Lipinski definition) is 1. The molecule has 2 aromatic heterocycles. The molecule has 0 aliphatic heterocycles. The third-order valence-electron chi connectivity index (χ3n) is 1.16. The first kappa shape index (κ1) is 5.22. The lowest BCUT2D eigenvalue weighted by molar-refractivity contribution is 0.835. The molecular weight excluding hydrogens is 128 g/mol. The molecular formula is C6H5N4. The smallest absolute Gasteiger partial charge is 0.182 e. The van der Waals surface area contributed by atoms with E-state index < -0.39 is 0 Å². The van der Waals surface area contributed by atoms with E-state index in [1.165, 1.54) is 0 Å². The fraction of sp³-hybridized carbons (Fsp3) is 0. The van der Waals surface area contributed by atoms with Crippen LogP contribution in [0.15, 0.2) is 24.7 Å². The molecule has 0 fully saturated rings. The SMILES string of the molecule is [c]1c[nH]nc1-n1cccn1. The zero-order valence-corrected chi connectivity index (χ0v) is 5.15. The lowest BCUT2D eigenvalue weighted by Crippen LogP contribution is -1.93. The van der Waals surface area contributed by atoms with Crippen LogP contribution in [0.25, 0.3) is 5.82 Å². The Balaban J connectivity index is 2.48. The second kappa shape index (κ2) is 1.98. The van der Waals surface area contributed by atoms with Crippen LogP contribution in [0.3, 0.4) is 0 Å². The predicted molar refractivity (Wildman–Crippen MR) is 34.5 cm³/mol. The van der Waals surface area contributed by atoms with Gasteiger partial charge >= 0.3 is 0 Å². The number of aromatic amines is 1. The van der Waals surface area contributed by atoms with Gasteiger partial charge in [0.1, 0.15) is 0 Å². The average Bonchev–Trinajstić information content (AvgIpc) is 2.59. The van der Waals surface area contributed by atoms with Gasteiger partial charge in [0.25, 0.3) is 0 Å². The van der Waals surface area contributed by atoms with Crippen molar-refractivity contribution in [1.29, 1.82) is 0 Å². The van der Waals surface area contributed by atoms with Crippen molar-refractivity contribution in [2.75, 3.05) is 0 Å². The summed E-state index contributed by atoms with van der Waals surface area (Å²) in [7, 11) is 0. The molecule has 2 rings (SSSR count). The van der Waals surface area contributed by atoms with Crippen molar-refractivity contribution < 1.29 is 0 Å². The first-order valence-electron chi connectivity index (χ1n) is 2.88. The second-order valence-electron chi connectivity index (χ2n) is 1.80. The van der Waals surface area contributed by atoms with E-state index in [9.17, 15) is 0 Å². The summed E-state index contributed by atoms with van der Waals surface area (Å²) in [6.45, 7) is 0. The van der Waals surface area contributed by atoms with E-state index in [-0.39, 0.29) is 0 Å². The number of nitrogens with zero attached hydrogens (tertiary/aromatic N) is 3. The molecule has 0 aliphatic carbocycles. The highest BCUT2D eigenvalue weighted by Gasteiger charge is 1.94. The number of H-pyrrole nitrogens is 1. The second-order valence-corrected chi connectivity index (χ2v) is 1.80. The standard InChI is InChI=1S/C6H5N4/c1-3-8-10(5-1)6-2-4-7-9-6/h1,3-5H,(H,7,9). The van der Waals surface area contributed by atoms with Gasteiger partial charge in [-0.2, -0.15) is 10.2 Å². The number of aromatic nitrogens is 4. The molecule has 0 saturated carbocycles. The Morgan fingerprint density at radius 1 is 1.60 bits per heavy atom. The van der Waals surface area contributed by atoms with Gasteiger partial charge in [-0.3, -0.25) is 5.10 Å². The molecule has 1 N–H and O–H groups in total. The minimum atomic E-state index is 0.685. The summed E-state index contributed by atoms with van der Waals surface area (Å²) < 4.78 is 1.64. The van der Waals surface area contributed by atoms with Crippen LogP contribution >= 0.6 is 0 Å². The average molecular weight is 133 g/mol. The van der Waals surface area contributed by atoms with Gasteiger partial charge in [0.15, 0.2) is 5.82 Å². The molecule has 49 valence electrons.